The summed E-state index contributed by atoms with van der Waals surface area (Å²) in [5.74, 6) is 0. The van der Waals surface area contributed by atoms with Gasteiger partial charge in [0, 0.05) is 0 Å². The third kappa shape index (κ3) is 16.9. The van der Waals surface area contributed by atoms with Crippen molar-refractivity contribution in [1.29, 1.82) is 0 Å². The van der Waals surface area contributed by atoms with Gasteiger partial charge in [-0.15, -0.1) is 0 Å². The molecule has 0 spiro atoms. The first-order chi connectivity index (χ1) is 2.91. The summed E-state index contributed by atoms with van der Waals surface area (Å²) in [6.45, 7) is 4.46. The van der Waals surface area contributed by atoms with Crippen LogP contribution in [0.1, 0.15) is 39.5 Å². The van der Waals surface area contributed by atoms with Crippen LogP contribution in [0.3, 0.4) is 0 Å². The Kier molecular flexibility index (Phi) is 30.9. The van der Waals surface area contributed by atoms with Gasteiger partial charge in [-0.2, -0.15) is 0 Å². The Balaban J connectivity index is -0.000000125. The molecule has 0 N–H and O–H groups in total. The highest BCUT2D eigenvalue weighted by Gasteiger charge is 1.75. The first kappa shape index (κ1) is 15.7. The van der Waals surface area contributed by atoms with E-state index in [-0.39, 0.29) is 9.41 Å². The van der Waals surface area contributed by atoms with Gasteiger partial charge in [0.1, 0.15) is 0 Å². The molecule has 0 nitrogen and oxygen atoms in total. The van der Waals surface area contributed by atoms with Crippen LogP contribution in [0.25, 0.3) is 0 Å². The van der Waals surface area contributed by atoms with Gasteiger partial charge in [-0.05, 0) is 0 Å². The predicted octanol–water partition coefficient (Wildman–Crippen LogP) is 2.89. The monoisotopic (exact) mass is 126 g/mol. The smallest absolute Gasteiger partial charge is 0.0536 e. The van der Waals surface area contributed by atoms with Gasteiger partial charge in [0.25, 0.3) is 0 Å². The fraction of sp³-hybridized carbons (Fsp3) is 1.00. The predicted molar refractivity (Wildman–Crippen MR) is 34.8 cm³/mol. The summed E-state index contributed by atoms with van der Waals surface area (Å²) in [6.07, 6.45) is 5.54. The molecule has 2 heteroatoms. The normalized spacial score (nSPS) is 6.75. The Morgan fingerprint density at radius 2 is 1.00 bits per heavy atom. The van der Waals surface area contributed by atoms with E-state index in [1.54, 1.807) is 0 Å². The molecule has 0 radical (unpaired) electrons. The molecule has 0 saturated carbocycles. The molecule has 54 valence electrons. The Hall–Kier alpha value is -0.140. The van der Waals surface area contributed by atoms with Crippen LogP contribution >= 0.6 is 0 Å². The quantitative estimate of drug-likeness (QED) is 0.510. The first-order valence-corrected chi connectivity index (χ1v) is 2.91. The molecule has 0 saturated heterocycles. The molecule has 0 unspecified atom stereocenters. The van der Waals surface area contributed by atoms with Crippen molar-refractivity contribution in [3.8, 4) is 0 Å². The van der Waals surface area contributed by atoms with Gasteiger partial charge in [0.15, 0.2) is 0 Å². The molecule has 0 aromatic rings. The second kappa shape index (κ2) is 15.8. The van der Waals surface area contributed by atoms with E-state index in [0.717, 1.165) is 0 Å². The van der Waals surface area contributed by atoms with Crippen molar-refractivity contribution in [3.05, 3.63) is 0 Å². The SMILES string of the molecule is CCCCCC.F.F. The lowest BCUT2D eigenvalue weighted by Gasteiger charge is -1.86. The van der Waals surface area contributed by atoms with E-state index in [0.29, 0.717) is 0 Å². The molecule has 0 aliphatic carbocycles. The fourth-order valence-corrected chi connectivity index (χ4v) is 0.500. The van der Waals surface area contributed by atoms with Gasteiger partial charge in [0.2, 0.25) is 0 Å². The van der Waals surface area contributed by atoms with Gasteiger partial charge < -0.3 is 0 Å². The molecule has 0 atom stereocenters. The van der Waals surface area contributed by atoms with Crippen molar-refractivity contribution in [1.82, 2.24) is 0 Å². The summed E-state index contributed by atoms with van der Waals surface area (Å²) >= 11 is 0. The molecule has 0 amide bonds. The fourth-order valence-electron chi connectivity index (χ4n) is 0.500. The van der Waals surface area contributed by atoms with E-state index in [4.69, 9.17) is 0 Å². The third-order valence-electron chi connectivity index (χ3n) is 0.957. The highest BCUT2D eigenvalue weighted by molar-refractivity contribution is 4.31. The minimum atomic E-state index is 0. The minimum Gasteiger partial charge on any atom is -0.269 e. The number of halogens is 2. The largest absolute Gasteiger partial charge is 0.269 e. The van der Waals surface area contributed by atoms with Gasteiger partial charge in [0.05, 0.1) is 0 Å². The molecule has 0 rings (SSSR count). The van der Waals surface area contributed by atoms with Crippen molar-refractivity contribution < 1.29 is 9.41 Å². The van der Waals surface area contributed by atoms with Crippen molar-refractivity contribution in [2.45, 2.75) is 39.5 Å². The maximum atomic E-state index is 2.23. The highest BCUT2D eigenvalue weighted by Crippen LogP contribution is 1.95. The van der Waals surface area contributed by atoms with Crippen LogP contribution in [0, 0.1) is 0 Å². The number of unbranched alkanes of at least 4 members (excludes halogenated alkanes) is 3. The lowest BCUT2D eigenvalue weighted by molar-refractivity contribution is 0.702. The third-order valence-corrected chi connectivity index (χ3v) is 0.957. The molecule has 0 fully saturated rings. The molecule has 0 heterocycles. The Morgan fingerprint density at radius 1 is 0.750 bits per heavy atom. The number of hydrogen-bond acceptors (Lipinski definition) is 0. The summed E-state index contributed by atoms with van der Waals surface area (Å²) in [7, 11) is 0. The minimum absolute atomic E-state index is 0. The zero-order valence-electron chi connectivity index (χ0n) is 5.64. The molecule has 8 heavy (non-hydrogen) atoms. The Bertz CT molecular complexity index is 18.5. The van der Waals surface area contributed by atoms with E-state index >= 15 is 0 Å². The molecule has 0 aromatic carbocycles. The van der Waals surface area contributed by atoms with Gasteiger partial charge in [-0.1, -0.05) is 39.5 Å². The molecule has 0 aromatic heterocycles. The van der Waals surface area contributed by atoms with Gasteiger partial charge >= 0.3 is 0 Å². The zero-order valence-corrected chi connectivity index (χ0v) is 5.64. The van der Waals surface area contributed by atoms with Crippen LogP contribution < -0.4 is 0 Å². The molecule has 0 aliphatic rings. The lowest BCUT2D eigenvalue weighted by atomic mass is 10.2. The summed E-state index contributed by atoms with van der Waals surface area (Å²) in [4.78, 5) is 0. The summed E-state index contributed by atoms with van der Waals surface area (Å²) in [5.41, 5.74) is 0. The van der Waals surface area contributed by atoms with Gasteiger partial charge in [-0.3, -0.25) is 9.41 Å². The zero-order chi connectivity index (χ0) is 4.83. The standard InChI is InChI=1S/C6H14.2FH/c1-3-5-6-4-2;;/h3-6H2,1-2H3;2*1H. The number of hydrogen-bond donors (Lipinski definition) is 0. The van der Waals surface area contributed by atoms with E-state index in [9.17, 15) is 0 Å². The van der Waals surface area contributed by atoms with E-state index in [1.807, 2.05) is 0 Å². The summed E-state index contributed by atoms with van der Waals surface area (Å²) < 4.78 is 0. The van der Waals surface area contributed by atoms with E-state index in [2.05, 4.69) is 13.8 Å². The van der Waals surface area contributed by atoms with Crippen molar-refractivity contribution in [2.24, 2.45) is 0 Å². The molecule has 0 aliphatic heterocycles. The highest BCUT2D eigenvalue weighted by atomic mass is 19.0. The second-order valence-electron chi connectivity index (χ2n) is 1.71. The molecular formula is C6H16F2. The number of rotatable bonds is 3. The average Bonchev–Trinajstić information content (AvgIpc) is 1.61. The maximum Gasteiger partial charge on any atom is -0.0536 e. The first-order valence-electron chi connectivity index (χ1n) is 2.91. The van der Waals surface area contributed by atoms with Crippen LogP contribution in [0.4, 0.5) is 9.41 Å². The summed E-state index contributed by atoms with van der Waals surface area (Å²) in [6, 6.07) is 0. The van der Waals surface area contributed by atoms with Crippen LogP contribution in [0.15, 0.2) is 0 Å². The second-order valence-corrected chi connectivity index (χ2v) is 1.71. The van der Waals surface area contributed by atoms with E-state index in [1.165, 1.54) is 25.7 Å². The van der Waals surface area contributed by atoms with Crippen LogP contribution in [0.2, 0.25) is 0 Å². The van der Waals surface area contributed by atoms with E-state index < -0.39 is 0 Å². The maximum absolute atomic E-state index is 2.23. The topological polar surface area (TPSA) is 0 Å². The lowest BCUT2D eigenvalue weighted by Crippen LogP contribution is -1.66. The van der Waals surface area contributed by atoms with Crippen LogP contribution in [0.5, 0.6) is 0 Å². The molecular weight excluding hydrogens is 110 g/mol. The van der Waals surface area contributed by atoms with Gasteiger partial charge in [-0.25, -0.2) is 0 Å². The van der Waals surface area contributed by atoms with Crippen molar-refractivity contribution in [3.63, 3.8) is 0 Å². The van der Waals surface area contributed by atoms with Crippen molar-refractivity contribution in [2.75, 3.05) is 0 Å². The average molecular weight is 126 g/mol. The van der Waals surface area contributed by atoms with Crippen LogP contribution in [-0.2, 0) is 0 Å². The Labute approximate surface area is 50.0 Å². The Morgan fingerprint density at radius 3 is 1.12 bits per heavy atom. The molecule has 0 bridgehead atoms. The summed E-state index contributed by atoms with van der Waals surface area (Å²) in [5, 5.41) is 0. The van der Waals surface area contributed by atoms with Crippen LogP contribution in [-0.4, -0.2) is 0 Å². The van der Waals surface area contributed by atoms with Crippen molar-refractivity contribution >= 4 is 0 Å².